The molecule has 0 unspecified atom stereocenters. The molecule has 1 amide bonds. The Labute approximate surface area is 177 Å². The SMILES string of the molecule is O=C(Nc1cccc(F)c1)c1coc(CN2CCN(Cc3ccc(F)cc3F)CC2)n1. The van der Waals surface area contributed by atoms with Crippen LogP contribution in [0.15, 0.2) is 53.1 Å². The summed E-state index contributed by atoms with van der Waals surface area (Å²) in [6.45, 7) is 3.72. The molecule has 2 aromatic carbocycles. The van der Waals surface area contributed by atoms with Crippen LogP contribution in [0.25, 0.3) is 0 Å². The zero-order valence-corrected chi connectivity index (χ0v) is 16.7. The molecular weight excluding hydrogens is 409 g/mol. The standard InChI is InChI=1S/C22H21F3N4O2/c23-16-2-1-3-18(10-16)26-22(30)20-14-31-21(27-20)13-29-8-6-28(7-9-29)12-15-4-5-17(24)11-19(15)25/h1-5,10-11,14H,6-9,12-13H2,(H,26,30). The number of hydrogen-bond donors (Lipinski definition) is 1. The van der Waals surface area contributed by atoms with Gasteiger partial charge in [-0.15, -0.1) is 0 Å². The summed E-state index contributed by atoms with van der Waals surface area (Å²) in [5.41, 5.74) is 0.921. The topological polar surface area (TPSA) is 61.6 Å². The zero-order chi connectivity index (χ0) is 21.8. The van der Waals surface area contributed by atoms with Crippen molar-refractivity contribution >= 4 is 11.6 Å². The number of amides is 1. The van der Waals surface area contributed by atoms with Gasteiger partial charge in [-0.3, -0.25) is 14.6 Å². The fraction of sp³-hybridized carbons (Fsp3) is 0.273. The highest BCUT2D eigenvalue weighted by molar-refractivity contribution is 6.02. The second kappa shape index (κ2) is 9.32. The van der Waals surface area contributed by atoms with Crippen LogP contribution in [0.4, 0.5) is 18.9 Å². The first-order valence-corrected chi connectivity index (χ1v) is 9.86. The average molecular weight is 430 g/mol. The van der Waals surface area contributed by atoms with E-state index in [-0.39, 0.29) is 5.69 Å². The zero-order valence-electron chi connectivity index (χ0n) is 16.7. The van der Waals surface area contributed by atoms with E-state index in [2.05, 4.69) is 20.1 Å². The van der Waals surface area contributed by atoms with Crippen LogP contribution in [0, 0.1) is 17.5 Å². The average Bonchev–Trinajstić information content (AvgIpc) is 3.20. The predicted octanol–water partition coefficient (Wildman–Crippen LogP) is 3.66. The molecule has 0 aliphatic carbocycles. The Hall–Kier alpha value is -3.17. The summed E-state index contributed by atoms with van der Waals surface area (Å²) in [5, 5.41) is 2.58. The van der Waals surface area contributed by atoms with Crippen molar-refractivity contribution in [3.8, 4) is 0 Å². The van der Waals surface area contributed by atoms with Gasteiger partial charge in [-0.1, -0.05) is 12.1 Å². The maximum atomic E-state index is 13.8. The van der Waals surface area contributed by atoms with Gasteiger partial charge in [0.2, 0.25) is 5.89 Å². The molecule has 0 spiro atoms. The number of carbonyl (C=O) groups excluding carboxylic acids is 1. The summed E-state index contributed by atoms with van der Waals surface area (Å²) in [7, 11) is 0. The molecule has 0 bridgehead atoms. The lowest BCUT2D eigenvalue weighted by molar-refractivity contribution is 0.102. The van der Waals surface area contributed by atoms with Crippen molar-refractivity contribution < 1.29 is 22.4 Å². The van der Waals surface area contributed by atoms with Crippen LogP contribution in [-0.2, 0) is 13.1 Å². The summed E-state index contributed by atoms with van der Waals surface area (Å²) in [6.07, 6.45) is 1.28. The van der Waals surface area contributed by atoms with Crippen LogP contribution in [0.2, 0.25) is 0 Å². The molecule has 6 nitrogen and oxygen atoms in total. The molecule has 0 atom stereocenters. The fourth-order valence-electron chi connectivity index (χ4n) is 3.44. The summed E-state index contributed by atoms with van der Waals surface area (Å²) in [4.78, 5) is 20.7. The van der Waals surface area contributed by atoms with Crippen molar-refractivity contribution in [1.29, 1.82) is 0 Å². The van der Waals surface area contributed by atoms with E-state index in [9.17, 15) is 18.0 Å². The van der Waals surface area contributed by atoms with Crippen molar-refractivity contribution in [2.45, 2.75) is 13.1 Å². The van der Waals surface area contributed by atoms with Gasteiger partial charge in [-0.05, 0) is 24.3 Å². The molecule has 4 rings (SSSR count). The van der Waals surface area contributed by atoms with Crippen LogP contribution >= 0.6 is 0 Å². The van der Waals surface area contributed by atoms with Gasteiger partial charge in [-0.2, -0.15) is 0 Å². The van der Waals surface area contributed by atoms with Crippen molar-refractivity contribution in [3.63, 3.8) is 0 Å². The van der Waals surface area contributed by atoms with Gasteiger partial charge in [0.1, 0.15) is 23.7 Å². The number of rotatable bonds is 6. The van der Waals surface area contributed by atoms with Gasteiger partial charge in [0, 0.05) is 50.0 Å². The molecule has 1 N–H and O–H groups in total. The summed E-state index contributed by atoms with van der Waals surface area (Å²) in [5.74, 6) is -1.64. The Morgan fingerprint density at radius 1 is 0.968 bits per heavy atom. The first-order valence-electron chi connectivity index (χ1n) is 9.86. The van der Waals surface area contributed by atoms with Crippen molar-refractivity contribution in [1.82, 2.24) is 14.8 Å². The number of aromatic nitrogens is 1. The van der Waals surface area contributed by atoms with Crippen LogP contribution in [0.3, 0.4) is 0 Å². The van der Waals surface area contributed by atoms with Crippen molar-refractivity contribution in [2.75, 3.05) is 31.5 Å². The summed E-state index contributed by atoms with van der Waals surface area (Å²) in [6, 6.07) is 9.23. The number of carbonyl (C=O) groups is 1. The molecule has 9 heteroatoms. The van der Waals surface area contributed by atoms with Gasteiger partial charge >= 0.3 is 0 Å². The fourth-order valence-corrected chi connectivity index (χ4v) is 3.44. The smallest absolute Gasteiger partial charge is 0.277 e. The Morgan fingerprint density at radius 2 is 1.68 bits per heavy atom. The highest BCUT2D eigenvalue weighted by Crippen LogP contribution is 2.16. The molecular formula is C22H21F3N4O2. The number of hydrogen-bond acceptors (Lipinski definition) is 5. The summed E-state index contributed by atoms with van der Waals surface area (Å²) < 4.78 is 45.5. The number of anilines is 1. The van der Waals surface area contributed by atoms with Gasteiger partial charge < -0.3 is 9.73 Å². The predicted molar refractivity (Wildman–Crippen MR) is 108 cm³/mol. The normalized spacial score (nSPS) is 15.2. The Balaban J connectivity index is 1.27. The van der Waals surface area contributed by atoms with E-state index in [0.29, 0.717) is 43.3 Å². The van der Waals surface area contributed by atoms with Crippen molar-refractivity contribution in [3.05, 3.63) is 83.3 Å². The van der Waals surface area contributed by atoms with E-state index in [0.717, 1.165) is 19.2 Å². The minimum Gasteiger partial charge on any atom is -0.447 e. The number of oxazole rings is 1. The molecule has 1 saturated heterocycles. The second-order valence-electron chi connectivity index (χ2n) is 7.38. The third-order valence-corrected chi connectivity index (χ3v) is 5.10. The van der Waals surface area contributed by atoms with Gasteiger partial charge in [0.05, 0.1) is 6.54 Å². The van der Waals surface area contributed by atoms with Crippen LogP contribution in [-0.4, -0.2) is 46.9 Å². The Morgan fingerprint density at radius 3 is 2.39 bits per heavy atom. The minimum absolute atomic E-state index is 0.115. The monoisotopic (exact) mass is 430 g/mol. The van der Waals surface area contributed by atoms with E-state index >= 15 is 0 Å². The molecule has 3 aromatic rings. The maximum Gasteiger partial charge on any atom is 0.277 e. The number of benzene rings is 2. The lowest BCUT2D eigenvalue weighted by Gasteiger charge is -2.34. The highest BCUT2D eigenvalue weighted by Gasteiger charge is 2.21. The molecule has 2 heterocycles. The van der Waals surface area contributed by atoms with Crippen LogP contribution < -0.4 is 5.32 Å². The molecule has 1 aromatic heterocycles. The van der Waals surface area contributed by atoms with E-state index in [1.807, 2.05) is 0 Å². The first-order chi connectivity index (χ1) is 15.0. The molecule has 1 fully saturated rings. The van der Waals surface area contributed by atoms with E-state index in [1.54, 1.807) is 6.07 Å². The van der Waals surface area contributed by atoms with Gasteiger partial charge in [-0.25, -0.2) is 18.2 Å². The second-order valence-corrected chi connectivity index (χ2v) is 7.38. The number of nitrogens with one attached hydrogen (secondary N) is 1. The Kier molecular flexibility index (Phi) is 6.34. The first kappa shape index (κ1) is 21.1. The molecule has 0 radical (unpaired) electrons. The lowest BCUT2D eigenvalue weighted by Crippen LogP contribution is -2.45. The molecule has 0 saturated carbocycles. The Bertz CT molecular complexity index is 1060. The third kappa shape index (κ3) is 5.50. The minimum atomic E-state index is -0.582. The molecule has 31 heavy (non-hydrogen) atoms. The van der Waals surface area contributed by atoms with Crippen LogP contribution in [0.5, 0.6) is 0 Å². The number of piperazine rings is 1. The van der Waals surface area contributed by atoms with E-state index < -0.39 is 23.4 Å². The summed E-state index contributed by atoms with van der Waals surface area (Å²) >= 11 is 0. The lowest BCUT2D eigenvalue weighted by atomic mass is 10.2. The van der Waals surface area contributed by atoms with Gasteiger partial charge in [0.25, 0.3) is 5.91 Å². The quantitative estimate of drug-likeness (QED) is 0.647. The number of halogens is 3. The third-order valence-electron chi connectivity index (χ3n) is 5.10. The van der Waals surface area contributed by atoms with Crippen LogP contribution in [0.1, 0.15) is 21.9 Å². The number of nitrogens with zero attached hydrogens (tertiary/aromatic N) is 3. The highest BCUT2D eigenvalue weighted by atomic mass is 19.1. The van der Waals surface area contributed by atoms with E-state index in [4.69, 9.17) is 4.42 Å². The van der Waals surface area contributed by atoms with Crippen molar-refractivity contribution in [2.24, 2.45) is 0 Å². The maximum absolute atomic E-state index is 13.8. The molecule has 1 aliphatic heterocycles. The van der Waals surface area contributed by atoms with Gasteiger partial charge in [0.15, 0.2) is 5.69 Å². The molecule has 1 aliphatic rings. The largest absolute Gasteiger partial charge is 0.447 e. The molecule has 162 valence electrons. The van der Waals surface area contributed by atoms with E-state index in [1.165, 1.54) is 36.6 Å².